The molecule has 1 aromatic heterocycles. The van der Waals surface area contributed by atoms with Crippen molar-refractivity contribution < 1.29 is 14.7 Å². The molecule has 1 amide bonds. The summed E-state index contributed by atoms with van der Waals surface area (Å²) in [6, 6.07) is 1.79. The van der Waals surface area contributed by atoms with E-state index in [9.17, 15) is 9.59 Å². The monoisotopic (exact) mass is 328 g/mol. The number of carboxylic acids is 1. The summed E-state index contributed by atoms with van der Waals surface area (Å²) in [5.74, 6) is -1.34. The number of carboxylic acid groups (broad SMARTS) is 1. The second-order valence-electron chi connectivity index (χ2n) is 4.76. The maximum absolute atomic E-state index is 12.5. The van der Waals surface area contributed by atoms with Crippen LogP contribution >= 0.6 is 15.9 Å². The highest BCUT2D eigenvalue weighted by Crippen LogP contribution is 2.21. The Bertz CT molecular complexity index is 498. The number of hydrogen-bond donors (Lipinski definition) is 1. The number of amides is 1. The van der Waals surface area contributed by atoms with Crippen LogP contribution in [0.1, 0.15) is 30.3 Å². The van der Waals surface area contributed by atoms with Crippen molar-refractivity contribution in [3.8, 4) is 0 Å². The highest BCUT2D eigenvalue weighted by atomic mass is 79.9. The van der Waals surface area contributed by atoms with Crippen molar-refractivity contribution in [1.29, 1.82) is 0 Å². The van der Waals surface area contributed by atoms with Crippen LogP contribution in [0.3, 0.4) is 0 Å². The summed E-state index contributed by atoms with van der Waals surface area (Å²) in [7, 11) is 0. The van der Waals surface area contributed by atoms with Crippen LogP contribution in [0.2, 0.25) is 0 Å². The zero-order chi connectivity index (χ0) is 14.0. The molecule has 0 aromatic carbocycles. The van der Waals surface area contributed by atoms with Gasteiger partial charge in [0.1, 0.15) is 5.69 Å². The SMILES string of the molecule is CCn1cc(Br)cc1C(=O)N1CCC[C@H](C(=O)O)C1. The van der Waals surface area contributed by atoms with Gasteiger partial charge in [0.2, 0.25) is 0 Å². The number of likely N-dealkylation sites (tertiary alicyclic amines) is 1. The minimum Gasteiger partial charge on any atom is -0.481 e. The predicted molar refractivity (Wildman–Crippen MR) is 74.1 cm³/mol. The molecule has 1 aliphatic rings. The maximum atomic E-state index is 12.5. The Morgan fingerprint density at radius 2 is 2.26 bits per heavy atom. The van der Waals surface area contributed by atoms with Crippen LogP contribution in [-0.4, -0.2) is 39.5 Å². The number of nitrogens with zero attached hydrogens (tertiary/aromatic N) is 2. The highest BCUT2D eigenvalue weighted by Gasteiger charge is 2.29. The second kappa shape index (κ2) is 5.77. The fourth-order valence-electron chi connectivity index (χ4n) is 2.44. The molecule has 19 heavy (non-hydrogen) atoms. The summed E-state index contributed by atoms with van der Waals surface area (Å²) < 4.78 is 2.74. The van der Waals surface area contributed by atoms with Crippen LogP contribution in [0.25, 0.3) is 0 Å². The Balaban J connectivity index is 2.16. The van der Waals surface area contributed by atoms with Gasteiger partial charge in [0.05, 0.1) is 5.92 Å². The fourth-order valence-corrected chi connectivity index (χ4v) is 2.90. The topological polar surface area (TPSA) is 62.5 Å². The van der Waals surface area contributed by atoms with E-state index in [2.05, 4.69) is 15.9 Å². The van der Waals surface area contributed by atoms with Gasteiger partial charge in [-0.15, -0.1) is 0 Å². The van der Waals surface area contributed by atoms with E-state index in [0.717, 1.165) is 10.9 Å². The molecule has 0 aliphatic carbocycles. The molecule has 104 valence electrons. The fraction of sp³-hybridized carbons (Fsp3) is 0.538. The number of halogens is 1. The van der Waals surface area contributed by atoms with Gasteiger partial charge in [0.15, 0.2) is 0 Å². The van der Waals surface area contributed by atoms with E-state index in [1.165, 1.54) is 0 Å². The summed E-state index contributed by atoms with van der Waals surface area (Å²) in [6.45, 7) is 3.62. The molecule has 5 nitrogen and oxygen atoms in total. The van der Waals surface area contributed by atoms with E-state index in [1.54, 1.807) is 11.0 Å². The highest BCUT2D eigenvalue weighted by molar-refractivity contribution is 9.10. The number of aromatic nitrogens is 1. The van der Waals surface area contributed by atoms with Gasteiger partial charge >= 0.3 is 5.97 Å². The van der Waals surface area contributed by atoms with E-state index in [4.69, 9.17) is 5.11 Å². The Morgan fingerprint density at radius 1 is 1.53 bits per heavy atom. The minimum absolute atomic E-state index is 0.0847. The van der Waals surface area contributed by atoms with E-state index < -0.39 is 11.9 Å². The molecule has 1 aliphatic heterocycles. The van der Waals surface area contributed by atoms with Crippen molar-refractivity contribution >= 4 is 27.8 Å². The van der Waals surface area contributed by atoms with Gasteiger partial charge in [-0.1, -0.05) is 0 Å². The van der Waals surface area contributed by atoms with Crippen molar-refractivity contribution in [2.75, 3.05) is 13.1 Å². The Hall–Kier alpha value is -1.30. The van der Waals surface area contributed by atoms with E-state index in [-0.39, 0.29) is 5.91 Å². The van der Waals surface area contributed by atoms with Crippen molar-refractivity contribution in [3.05, 3.63) is 22.4 Å². The van der Waals surface area contributed by atoms with E-state index in [0.29, 0.717) is 31.7 Å². The van der Waals surface area contributed by atoms with Crippen LogP contribution in [0.15, 0.2) is 16.7 Å². The average molecular weight is 329 g/mol. The van der Waals surface area contributed by atoms with Gasteiger partial charge in [-0.05, 0) is 41.8 Å². The molecule has 1 N–H and O–H groups in total. The smallest absolute Gasteiger partial charge is 0.308 e. The Morgan fingerprint density at radius 3 is 2.89 bits per heavy atom. The number of carbonyl (C=O) groups is 2. The maximum Gasteiger partial charge on any atom is 0.308 e. The first-order chi connectivity index (χ1) is 9.02. The van der Waals surface area contributed by atoms with E-state index >= 15 is 0 Å². The number of rotatable bonds is 3. The Kier molecular flexibility index (Phi) is 4.29. The van der Waals surface area contributed by atoms with Crippen LogP contribution in [0.5, 0.6) is 0 Å². The second-order valence-corrected chi connectivity index (χ2v) is 5.67. The zero-order valence-electron chi connectivity index (χ0n) is 10.8. The zero-order valence-corrected chi connectivity index (χ0v) is 12.4. The molecule has 2 heterocycles. The van der Waals surface area contributed by atoms with Gasteiger partial charge < -0.3 is 14.6 Å². The molecule has 6 heteroatoms. The number of piperidine rings is 1. The molecule has 1 aromatic rings. The molecule has 0 radical (unpaired) electrons. The van der Waals surface area contributed by atoms with Crippen molar-refractivity contribution in [3.63, 3.8) is 0 Å². The first kappa shape index (κ1) is 14.1. The summed E-state index contributed by atoms with van der Waals surface area (Å²) in [5, 5.41) is 9.06. The van der Waals surface area contributed by atoms with E-state index in [1.807, 2.05) is 17.7 Å². The van der Waals surface area contributed by atoms with Gasteiger partial charge in [0.25, 0.3) is 5.91 Å². The molecule has 0 spiro atoms. The van der Waals surface area contributed by atoms with Gasteiger partial charge in [0, 0.05) is 30.3 Å². The lowest BCUT2D eigenvalue weighted by molar-refractivity contribution is -0.143. The third kappa shape index (κ3) is 3.00. The standard InChI is InChI=1S/C13H17BrN2O3/c1-2-15-8-10(14)6-11(15)12(17)16-5-3-4-9(7-16)13(18)19/h6,8-9H,2-5,7H2,1H3,(H,18,19)/t9-/m0/s1. The molecular weight excluding hydrogens is 312 g/mol. The van der Waals surface area contributed by atoms with Crippen LogP contribution in [-0.2, 0) is 11.3 Å². The summed E-state index contributed by atoms with van der Waals surface area (Å²) in [5.41, 5.74) is 0.611. The van der Waals surface area contributed by atoms with Gasteiger partial charge in [-0.25, -0.2) is 0 Å². The summed E-state index contributed by atoms with van der Waals surface area (Å²) >= 11 is 3.37. The predicted octanol–water partition coefficient (Wildman–Crippen LogP) is 2.21. The number of aliphatic carboxylic acids is 1. The van der Waals surface area contributed by atoms with Crippen molar-refractivity contribution in [2.45, 2.75) is 26.3 Å². The van der Waals surface area contributed by atoms with Crippen molar-refractivity contribution in [1.82, 2.24) is 9.47 Å². The molecule has 1 saturated heterocycles. The average Bonchev–Trinajstić information content (AvgIpc) is 2.79. The first-order valence-electron chi connectivity index (χ1n) is 6.40. The quantitative estimate of drug-likeness (QED) is 0.925. The van der Waals surface area contributed by atoms with Gasteiger partial charge in [-0.2, -0.15) is 0 Å². The number of aryl methyl sites for hydroxylation is 1. The molecule has 2 rings (SSSR count). The molecule has 0 unspecified atom stereocenters. The lowest BCUT2D eigenvalue weighted by Crippen LogP contribution is -2.42. The van der Waals surface area contributed by atoms with Crippen LogP contribution < -0.4 is 0 Å². The number of hydrogen-bond acceptors (Lipinski definition) is 2. The van der Waals surface area contributed by atoms with Crippen LogP contribution in [0.4, 0.5) is 0 Å². The lowest BCUT2D eigenvalue weighted by atomic mass is 9.98. The minimum atomic E-state index is -0.815. The largest absolute Gasteiger partial charge is 0.481 e. The van der Waals surface area contributed by atoms with Crippen LogP contribution in [0, 0.1) is 5.92 Å². The normalized spacial score (nSPS) is 19.5. The first-order valence-corrected chi connectivity index (χ1v) is 7.20. The summed E-state index contributed by atoms with van der Waals surface area (Å²) in [4.78, 5) is 25.1. The third-order valence-corrected chi connectivity index (χ3v) is 3.91. The molecule has 1 fully saturated rings. The Labute approximate surface area is 120 Å². The van der Waals surface area contributed by atoms with Gasteiger partial charge in [-0.3, -0.25) is 9.59 Å². The lowest BCUT2D eigenvalue weighted by Gasteiger charge is -2.30. The third-order valence-electron chi connectivity index (χ3n) is 3.48. The molecule has 0 saturated carbocycles. The molecule has 1 atom stereocenters. The molecule has 0 bridgehead atoms. The number of carbonyl (C=O) groups excluding carboxylic acids is 1. The summed E-state index contributed by atoms with van der Waals surface area (Å²) in [6.07, 6.45) is 3.26. The van der Waals surface area contributed by atoms with Crippen molar-refractivity contribution in [2.24, 2.45) is 5.92 Å². The molecular formula is C13H17BrN2O3.